The van der Waals surface area contributed by atoms with Crippen molar-refractivity contribution in [1.82, 2.24) is 4.57 Å². The van der Waals surface area contributed by atoms with Crippen molar-refractivity contribution < 1.29 is 9.59 Å². The van der Waals surface area contributed by atoms with Gasteiger partial charge in [-0.05, 0) is 42.0 Å². The molecule has 1 heterocycles. The summed E-state index contributed by atoms with van der Waals surface area (Å²) in [7, 11) is 0. The van der Waals surface area contributed by atoms with E-state index in [-0.39, 0.29) is 5.91 Å². The summed E-state index contributed by atoms with van der Waals surface area (Å²) in [5, 5.41) is 4.86. The van der Waals surface area contributed by atoms with Gasteiger partial charge in [0.2, 0.25) is 11.8 Å². The van der Waals surface area contributed by atoms with Gasteiger partial charge in [0.25, 0.3) is 0 Å². The van der Waals surface area contributed by atoms with Crippen molar-refractivity contribution in [3.63, 3.8) is 0 Å². The molecule has 0 aliphatic carbocycles. The summed E-state index contributed by atoms with van der Waals surface area (Å²) >= 11 is 6.52. The van der Waals surface area contributed by atoms with Crippen LogP contribution in [-0.2, 0) is 11.3 Å². The van der Waals surface area contributed by atoms with Gasteiger partial charge in [-0.1, -0.05) is 35.9 Å². The second kappa shape index (κ2) is 7.02. The Morgan fingerprint density at radius 3 is 2.71 bits per heavy atom. The molecular weight excluding hydrogens is 374 g/mol. The summed E-state index contributed by atoms with van der Waals surface area (Å²) in [6, 6.07) is 19.8. The Kier molecular flexibility index (Phi) is 4.53. The molecular formula is C22H17ClN3O2. The van der Waals surface area contributed by atoms with Crippen LogP contribution in [0.5, 0.6) is 0 Å². The number of carbonyl (C=O) groups is 2. The first kappa shape index (κ1) is 18.1. The van der Waals surface area contributed by atoms with Crippen molar-refractivity contribution in [2.45, 2.75) is 13.5 Å². The van der Waals surface area contributed by atoms with Crippen LogP contribution in [0.1, 0.15) is 22.8 Å². The minimum atomic E-state index is -0.495. The highest BCUT2D eigenvalue weighted by molar-refractivity contribution is 6.36. The third kappa shape index (κ3) is 3.10. The standard InChI is InChI=1S/C22H17ClN3O2/c1-13(27)25-15-6-2-5-14(11-15)12-26-19-10-4-8-17(22(24)28)20(19)16-7-3-9-18(23)21(16)26/h2-6,8-11H,12H2,1H3,(H2,24,28)(H,25,27). The van der Waals surface area contributed by atoms with Crippen LogP contribution in [0.2, 0.25) is 5.02 Å². The zero-order valence-corrected chi connectivity index (χ0v) is 15.9. The fourth-order valence-corrected chi connectivity index (χ4v) is 3.83. The fourth-order valence-electron chi connectivity index (χ4n) is 3.57. The monoisotopic (exact) mass is 390 g/mol. The van der Waals surface area contributed by atoms with Crippen LogP contribution in [0.4, 0.5) is 5.69 Å². The topological polar surface area (TPSA) is 77.1 Å². The average molecular weight is 391 g/mol. The molecule has 0 fully saturated rings. The van der Waals surface area contributed by atoms with Crippen LogP contribution in [-0.4, -0.2) is 16.4 Å². The van der Waals surface area contributed by atoms with Gasteiger partial charge in [-0.15, -0.1) is 0 Å². The highest BCUT2D eigenvalue weighted by Gasteiger charge is 2.18. The Morgan fingerprint density at radius 2 is 1.96 bits per heavy atom. The Bertz CT molecular complexity index is 1240. The molecule has 4 aromatic rings. The maximum Gasteiger partial charge on any atom is 0.249 e. The Balaban J connectivity index is 1.95. The van der Waals surface area contributed by atoms with E-state index < -0.39 is 5.91 Å². The molecule has 0 saturated heterocycles. The quantitative estimate of drug-likeness (QED) is 0.543. The fraction of sp³-hybridized carbons (Fsp3) is 0.0909. The number of nitrogens with zero attached hydrogens (tertiary/aromatic N) is 1. The summed E-state index contributed by atoms with van der Waals surface area (Å²) in [5.74, 6) is -0.622. The van der Waals surface area contributed by atoms with Crippen LogP contribution in [0.15, 0.2) is 54.6 Å². The molecule has 0 unspecified atom stereocenters. The molecule has 5 nitrogen and oxygen atoms in total. The van der Waals surface area contributed by atoms with Crippen molar-refractivity contribution in [2.24, 2.45) is 5.73 Å². The molecule has 139 valence electrons. The molecule has 1 radical (unpaired) electrons. The summed E-state index contributed by atoms with van der Waals surface area (Å²) in [5.41, 5.74) is 9.38. The van der Waals surface area contributed by atoms with E-state index in [1.807, 2.05) is 34.9 Å². The first-order valence-electron chi connectivity index (χ1n) is 8.73. The number of benzene rings is 3. The first-order chi connectivity index (χ1) is 13.5. The van der Waals surface area contributed by atoms with Gasteiger partial charge in [0.1, 0.15) is 0 Å². The van der Waals surface area contributed by atoms with Gasteiger partial charge in [0.05, 0.1) is 16.1 Å². The number of nitrogens with two attached hydrogens (primary N) is 1. The summed E-state index contributed by atoms with van der Waals surface area (Å²) in [6.45, 7) is 1.98. The van der Waals surface area contributed by atoms with Crippen LogP contribution in [0, 0.1) is 6.07 Å². The smallest absolute Gasteiger partial charge is 0.249 e. The van der Waals surface area contributed by atoms with Gasteiger partial charge < -0.3 is 15.6 Å². The number of rotatable bonds is 4. The third-order valence-corrected chi connectivity index (χ3v) is 4.93. The van der Waals surface area contributed by atoms with Crippen molar-refractivity contribution >= 4 is 50.9 Å². The zero-order valence-electron chi connectivity index (χ0n) is 15.1. The number of primary amides is 1. The lowest BCUT2D eigenvalue weighted by atomic mass is 10.1. The van der Waals surface area contributed by atoms with Crippen molar-refractivity contribution in [3.8, 4) is 0 Å². The Morgan fingerprint density at radius 1 is 1.18 bits per heavy atom. The normalized spacial score (nSPS) is 11.1. The number of carbonyl (C=O) groups excluding carboxylic acids is 2. The largest absolute Gasteiger partial charge is 0.366 e. The van der Waals surface area contributed by atoms with Crippen LogP contribution < -0.4 is 11.1 Å². The lowest BCUT2D eigenvalue weighted by molar-refractivity contribution is -0.114. The van der Waals surface area contributed by atoms with E-state index in [9.17, 15) is 9.59 Å². The molecule has 2 amide bonds. The number of halogens is 1. The number of hydrogen-bond acceptors (Lipinski definition) is 2. The highest BCUT2D eigenvalue weighted by Crippen LogP contribution is 2.35. The maximum absolute atomic E-state index is 12.0. The van der Waals surface area contributed by atoms with E-state index >= 15 is 0 Å². The molecule has 1 aromatic heterocycles. The molecule has 0 spiro atoms. The summed E-state index contributed by atoms with van der Waals surface area (Å²) in [6.07, 6.45) is 0. The predicted molar refractivity (Wildman–Crippen MR) is 112 cm³/mol. The molecule has 0 saturated carbocycles. The highest BCUT2D eigenvalue weighted by atomic mass is 35.5. The number of anilines is 1. The summed E-state index contributed by atoms with van der Waals surface area (Å²) < 4.78 is 2.04. The van der Waals surface area contributed by atoms with Crippen molar-refractivity contribution in [1.29, 1.82) is 0 Å². The van der Waals surface area contributed by atoms with Gasteiger partial charge in [0, 0.05) is 35.5 Å². The molecule has 3 N–H and O–H groups in total. The second-order valence-electron chi connectivity index (χ2n) is 6.58. The Hall–Kier alpha value is -3.31. The lowest BCUT2D eigenvalue weighted by Crippen LogP contribution is -2.11. The minimum Gasteiger partial charge on any atom is -0.366 e. The van der Waals surface area contributed by atoms with Gasteiger partial charge in [-0.3, -0.25) is 9.59 Å². The molecule has 4 rings (SSSR count). The number of amides is 2. The molecule has 0 bridgehead atoms. The molecule has 28 heavy (non-hydrogen) atoms. The van der Waals surface area contributed by atoms with E-state index in [0.29, 0.717) is 17.1 Å². The van der Waals surface area contributed by atoms with E-state index in [1.165, 1.54) is 6.92 Å². The minimum absolute atomic E-state index is 0.127. The third-order valence-electron chi connectivity index (χ3n) is 4.63. The molecule has 0 aliphatic rings. The first-order valence-corrected chi connectivity index (χ1v) is 9.11. The average Bonchev–Trinajstić information content (AvgIpc) is 2.97. The number of fused-ring (bicyclic) bond motifs is 3. The predicted octanol–water partition coefficient (Wildman–Crippen LogP) is 4.35. The van der Waals surface area contributed by atoms with E-state index in [0.717, 1.165) is 33.1 Å². The molecule has 0 atom stereocenters. The van der Waals surface area contributed by atoms with E-state index in [2.05, 4.69) is 11.4 Å². The van der Waals surface area contributed by atoms with Gasteiger partial charge in [-0.2, -0.15) is 0 Å². The van der Waals surface area contributed by atoms with Gasteiger partial charge >= 0.3 is 0 Å². The summed E-state index contributed by atoms with van der Waals surface area (Å²) in [4.78, 5) is 23.3. The Labute approximate surface area is 166 Å². The van der Waals surface area contributed by atoms with Gasteiger partial charge in [-0.25, -0.2) is 0 Å². The van der Waals surface area contributed by atoms with Crippen LogP contribution in [0.3, 0.4) is 0 Å². The van der Waals surface area contributed by atoms with Gasteiger partial charge in [0.15, 0.2) is 0 Å². The molecule has 3 aromatic carbocycles. The molecule has 0 aliphatic heterocycles. The van der Waals surface area contributed by atoms with E-state index in [4.69, 9.17) is 17.3 Å². The molecule has 6 heteroatoms. The van der Waals surface area contributed by atoms with Crippen molar-refractivity contribution in [3.05, 3.63) is 76.8 Å². The van der Waals surface area contributed by atoms with Crippen LogP contribution in [0.25, 0.3) is 21.8 Å². The zero-order chi connectivity index (χ0) is 19.8. The SMILES string of the molecule is CC(=O)Nc1cccc(Cn2c3cccc(C(N)=O)c3c3[c]ccc(Cl)c32)c1. The maximum atomic E-state index is 12.0. The number of aromatic nitrogens is 1. The van der Waals surface area contributed by atoms with Crippen molar-refractivity contribution in [2.75, 3.05) is 5.32 Å². The van der Waals surface area contributed by atoms with Crippen LogP contribution >= 0.6 is 11.6 Å². The number of nitrogens with one attached hydrogen (secondary N) is 1. The van der Waals surface area contributed by atoms with E-state index in [1.54, 1.807) is 24.3 Å². The second-order valence-corrected chi connectivity index (χ2v) is 6.99. The lowest BCUT2D eigenvalue weighted by Gasteiger charge is -2.11. The number of hydrogen-bond donors (Lipinski definition) is 2.